The molecule has 0 atom stereocenters. The Morgan fingerprint density at radius 3 is 0.833 bits per heavy atom. The fraction of sp³-hybridized carbons (Fsp3) is 1.00. The molecule has 0 radical (unpaired) electrons. The first-order valence-corrected chi connectivity index (χ1v) is 9.92. The lowest BCUT2D eigenvalue weighted by molar-refractivity contribution is -0.916. The third-order valence-corrected chi connectivity index (χ3v) is 5.25. The van der Waals surface area contributed by atoms with Crippen molar-refractivity contribution in [3.05, 3.63) is 0 Å². The fourth-order valence-electron chi connectivity index (χ4n) is 3.55. The quantitative estimate of drug-likeness (QED) is 0.221. The van der Waals surface area contributed by atoms with Crippen molar-refractivity contribution in [1.29, 1.82) is 0 Å². The summed E-state index contributed by atoms with van der Waals surface area (Å²) in [6.45, 7) is 10.3. The van der Waals surface area contributed by atoms with Gasteiger partial charge in [-0.15, -0.1) is 0 Å². The number of nitrogens with zero attached hydrogens (tertiary/aromatic N) is 2. The Balaban J connectivity index is 4.33. The van der Waals surface area contributed by atoms with Crippen LogP contribution in [-0.2, 0) is 0 Å². The number of rotatable bonds is 17. The zero-order valence-corrected chi connectivity index (χ0v) is 16.5. The number of nitrogens with two attached hydrogens (primary N) is 4. The largest absolute Gasteiger partial charge is 0.330 e. The van der Waals surface area contributed by atoms with E-state index in [2.05, 4.69) is 14.1 Å². The maximum atomic E-state index is 5.71. The second kappa shape index (κ2) is 14.0. The highest BCUT2D eigenvalue weighted by molar-refractivity contribution is 4.50. The monoisotopic (exact) mass is 346 g/mol. The highest BCUT2D eigenvalue weighted by Crippen LogP contribution is 2.12. The van der Waals surface area contributed by atoms with E-state index in [4.69, 9.17) is 22.9 Å². The van der Waals surface area contributed by atoms with E-state index in [1.165, 1.54) is 52.1 Å². The zero-order chi connectivity index (χ0) is 18.3. The SMILES string of the molecule is C[N+](CCCN)(CCCN)CCCC[N+](C)(CCCN)CCCN. The molecule has 0 unspecified atom stereocenters. The minimum Gasteiger partial charge on any atom is -0.330 e. The van der Waals surface area contributed by atoms with Gasteiger partial charge in [0, 0.05) is 38.5 Å². The summed E-state index contributed by atoms with van der Waals surface area (Å²) < 4.78 is 2.23. The molecule has 6 heteroatoms. The Hall–Kier alpha value is -0.240. The molecule has 24 heavy (non-hydrogen) atoms. The van der Waals surface area contributed by atoms with Crippen molar-refractivity contribution < 1.29 is 8.97 Å². The van der Waals surface area contributed by atoms with Crippen LogP contribution in [0.25, 0.3) is 0 Å². The van der Waals surface area contributed by atoms with Crippen molar-refractivity contribution >= 4 is 0 Å². The van der Waals surface area contributed by atoms with Gasteiger partial charge in [0.1, 0.15) is 0 Å². The van der Waals surface area contributed by atoms with Gasteiger partial charge in [-0.3, -0.25) is 0 Å². The van der Waals surface area contributed by atoms with E-state index < -0.39 is 0 Å². The molecule has 8 N–H and O–H groups in total. The van der Waals surface area contributed by atoms with Crippen molar-refractivity contribution in [2.45, 2.75) is 38.5 Å². The van der Waals surface area contributed by atoms with E-state index in [9.17, 15) is 0 Å². The van der Waals surface area contributed by atoms with Gasteiger partial charge in [-0.1, -0.05) is 0 Å². The molecule has 0 aliphatic carbocycles. The Morgan fingerprint density at radius 2 is 0.625 bits per heavy atom. The molecule has 0 aromatic carbocycles. The summed E-state index contributed by atoms with van der Waals surface area (Å²) in [5.41, 5.74) is 22.8. The van der Waals surface area contributed by atoms with Crippen molar-refractivity contribution in [3.8, 4) is 0 Å². The molecule has 0 aliphatic rings. The van der Waals surface area contributed by atoms with Gasteiger partial charge in [0.25, 0.3) is 0 Å². The zero-order valence-electron chi connectivity index (χ0n) is 16.5. The average molecular weight is 347 g/mol. The van der Waals surface area contributed by atoms with E-state index in [-0.39, 0.29) is 0 Å². The first-order valence-electron chi connectivity index (χ1n) is 9.92. The summed E-state index contributed by atoms with van der Waals surface area (Å²) in [6, 6.07) is 0. The van der Waals surface area contributed by atoms with Crippen LogP contribution in [-0.4, -0.2) is 88.5 Å². The Morgan fingerprint density at radius 1 is 0.417 bits per heavy atom. The Bertz CT molecular complexity index is 241. The lowest BCUT2D eigenvalue weighted by Gasteiger charge is -2.37. The van der Waals surface area contributed by atoms with E-state index >= 15 is 0 Å². The average Bonchev–Trinajstić information content (AvgIpc) is 2.59. The first kappa shape index (κ1) is 23.8. The second-order valence-corrected chi connectivity index (χ2v) is 7.86. The molecule has 0 bridgehead atoms. The van der Waals surface area contributed by atoms with Crippen molar-refractivity contribution in [3.63, 3.8) is 0 Å². The van der Waals surface area contributed by atoms with Gasteiger partial charge in [-0.25, -0.2) is 0 Å². The molecule has 0 aromatic rings. The summed E-state index contributed by atoms with van der Waals surface area (Å²) in [5.74, 6) is 0. The molecule has 0 heterocycles. The summed E-state index contributed by atoms with van der Waals surface area (Å²) in [5, 5.41) is 0. The van der Waals surface area contributed by atoms with Crippen LogP contribution in [0.15, 0.2) is 0 Å². The summed E-state index contributed by atoms with van der Waals surface area (Å²) in [7, 11) is 4.73. The first-order chi connectivity index (χ1) is 11.4. The maximum Gasteiger partial charge on any atom is 0.0796 e. The second-order valence-electron chi connectivity index (χ2n) is 7.86. The minimum absolute atomic E-state index is 0.781. The highest BCUT2D eigenvalue weighted by atomic mass is 15.3. The summed E-state index contributed by atoms with van der Waals surface area (Å²) in [6.07, 6.45) is 6.93. The Labute approximate surface area is 150 Å². The fourth-order valence-corrected chi connectivity index (χ4v) is 3.55. The smallest absolute Gasteiger partial charge is 0.0796 e. The van der Waals surface area contributed by atoms with Crippen LogP contribution >= 0.6 is 0 Å². The van der Waals surface area contributed by atoms with Crippen LogP contribution in [0.4, 0.5) is 0 Å². The topological polar surface area (TPSA) is 104 Å². The molecule has 0 amide bonds. The number of hydrogen-bond acceptors (Lipinski definition) is 4. The maximum absolute atomic E-state index is 5.71. The van der Waals surface area contributed by atoms with Gasteiger partial charge in [0.05, 0.1) is 53.4 Å². The third-order valence-electron chi connectivity index (χ3n) is 5.25. The molecule has 0 saturated heterocycles. The molecule has 0 fully saturated rings. The molecule has 0 aliphatic heterocycles. The van der Waals surface area contributed by atoms with Gasteiger partial charge in [0.2, 0.25) is 0 Å². The van der Waals surface area contributed by atoms with Crippen molar-refractivity contribution in [1.82, 2.24) is 0 Å². The molecular weight excluding hydrogens is 300 g/mol. The lowest BCUT2D eigenvalue weighted by Crippen LogP contribution is -2.49. The molecule has 0 aromatic heterocycles. The normalized spacial score (nSPS) is 12.8. The van der Waals surface area contributed by atoms with E-state index in [1.54, 1.807) is 0 Å². The predicted octanol–water partition coefficient (Wildman–Crippen LogP) is 0.0550. The minimum atomic E-state index is 0.781. The van der Waals surface area contributed by atoms with Gasteiger partial charge >= 0.3 is 0 Å². The van der Waals surface area contributed by atoms with Crippen molar-refractivity contribution in [2.24, 2.45) is 22.9 Å². The number of unbranched alkanes of at least 4 members (excludes halogenated alkanes) is 1. The highest BCUT2D eigenvalue weighted by Gasteiger charge is 2.23. The standard InChI is InChI=1S/C18H46N6/c1-23(15-5-9-19,16-6-10-20)13-3-4-14-24(2,17-7-11-21)18-8-12-22/h3-22H2,1-2H3/q+2. The van der Waals surface area contributed by atoms with Gasteiger partial charge in [-0.05, 0) is 26.2 Å². The summed E-state index contributed by atoms with van der Waals surface area (Å²) in [4.78, 5) is 0. The van der Waals surface area contributed by atoms with Crippen LogP contribution in [0.2, 0.25) is 0 Å². The van der Waals surface area contributed by atoms with Crippen LogP contribution in [0, 0.1) is 0 Å². The van der Waals surface area contributed by atoms with Crippen LogP contribution < -0.4 is 22.9 Å². The lowest BCUT2D eigenvalue weighted by atomic mass is 10.2. The number of hydrogen-bond donors (Lipinski definition) is 4. The number of quaternary nitrogens is 2. The van der Waals surface area contributed by atoms with E-state index in [0.717, 1.165) is 60.8 Å². The van der Waals surface area contributed by atoms with Crippen LogP contribution in [0.3, 0.4) is 0 Å². The van der Waals surface area contributed by atoms with Crippen LogP contribution in [0.5, 0.6) is 0 Å². The van der Waals surface area contributed by atoms with Gasteiger partial charge in [0.15, 0.2) is 0 Å². The molecule has 0 rings (SSSR count). The van der Waals surface area contributed by atoms with Gasteiger partial charge in [-0.2, -0.15) is 0 Å². The van der Waals surface area contributed by atoms with E-state index in [1.807, 2.05) is 0 Å². The van der Waals surface area contributed by atoms with E-state index in [0.29, 0.717) is 0 Å². The molecule has 0 saturated carbocycles. The molecule has 146 valence electrons. The Kier molecular flexibility index (Phi) is 13.8. The molecule has 0 spiro atoms. The molecular formula is C18H46N6+2. The van der Waals surface area contributed by atoms with Gasteiger partial charge < -0.3 is 31.9 Å². The van der Waals surface area contributed by atoms with Crippen molar-refractivity contribution in [2.75, 3.05) is 79.5 Å². The van der Waals surface area contributed by atoms with Crippen LogP contribution in [0.1, 0.15) is 38.5 Å². The molecule has 6 nitrogen and oxygen atoms in total. The summed E-state index contributed by atoms with van der Waals surface area (Å²) >= 11 is 0. The predicted molar refractivity (Wildman–Crippen MR) is 105 cm³/mol. The third kappa shape index (κ3) is 11.3.